The topological polar surface area (TPSA) is 91.4 Å². The lowest BCUT2D eigenvalue weighted by Crippen LogP contribution is -2.53. The average molecular weight is 336 g/mol. The molecule has 1 aromatic heterocycles. The Hall–Kier alpha value is -1.93. The second-order valence-corrected chi connectivity index (χ2v) is 6.20. The Kier molecular flexibility index (Phi) is 7.20. The van der Waals surface area contributed by atoms with Crippen LogP contribution in [0.1, 0.15) is 20.8 Å². The van der Waals surface area contributed by atoms with Gasteiger partial charge in [-0.25, -0.2) is 14.8 Å². The van der Waals surface area contributed by atoms with Crippen molar-refractivity contribution in [1.29, 1.82) is 0 Å². The van der Waals surface area contributed by atoms with Gasteiger partial charge in [-0.15, -0.1) is 0 Å². The van der Waals surface area contributed by atoms with Crippen LogP contribution in [0, 0.1) is 0 Å². The summed E-state index contributed by atoms with van der Waals surface area (Å²) in [5.74, 6) is 0.559. The Morgan fingerprint density at radius 1 is 1.25 bits per heavy atom. The highest BCUT2D eigenvalue weighted by Gasteiger charge is 2.25. The first kappa shape index (κ1) is 18.4. The number of anilines is 1. The number of hydrogen-bond donors (Lipinski definition) is 3. The van der Waals surface area contributed by atoms with Crippen LogP contribution in [0.25, 0.3) is 0 Å². The molecule has 0 aliphatic carbocycles. The van der Waals surface area contributed by atoms with Crippen LogP contribution in [0.3, 0.4) is 0 Å². The summed E-state index contributed by atoms with van der Waals surface area (Å²) in [4.78, 5) is 22.3. The van der Waals surface area contributed by atoms with E-state index >= 15 is 0 Å². The normalized spacial score (nSPS) is 22.6. The number of hydrogen-bond acceptors (Lipinski definition) is 6. The average Bonchev–Trinajstić information content (AvgIpc) is 2.56. The fourth-order valence-corrected chi connectivity index (χ4v) is 2.75. The number of carbonyl (C=O) groups is 1. The molecule has 0 spiro atoms. The minimum atomic E-state index is -0.160. The molecule has 2 rings (SSSR count). The Morgan fingerprint density at radius 2 is 1.92 bits per heavy atom. The molecule has 24 heavy (non-hydrogen) atoms. The Bertz CT molecular complexity index is 491. The van der Waals surface area contributed by atoms with Gasteiger partial charge in [0, 0.05) is 51.2 Å². The summed E-state index contributed by atoms with van der Waals surface area (Å²) >= 11 is 0. The van der Waals surface area contributed by atoms with Crippen molar-refractivity contribution < 1.29 is 9.53 Å². The van der Waals surface area contributed by atoms with Gasteiger partial charge in [0.25, 0.3) is 0 Å². The molecule has 3 atom stereocenters. The molecular formula is C16H28N6O2. The summed E-state index contributed by atoms with van der Waals surface area (Å²) in [6.45, 7) is 9.78. The van der Waals surface area contributed by atoms with E-state index in [0.29, 0.717) is 25.6 Å². The van der Waals surface area contributed by atoms with Crippen LogP contribution < -0.4 is 16.0 Å². The molecule has 0 bridgehead atoms. The molecule has 3 N–H and O–H groups in total. The number of rotatable bonds is 7. The van der Waals surface area contributed by atoms with Crippen molar-refractivity contribution in [2.45, 2.75) is 39.0 Å². The summed E-state index contributed by atoms with van der Waals surface area (Å²) in [5.41, 5.74) is 0. The van der Waals surface area contributed by atoms with Gasteiger partial charge in [0.2, 0.25) is 5.95 Å². The third kappa shape index (κ3) is 6.29. The number of morpholine rings is 1. The molecule has 0 saturated carbocycles. The summed E-state index contributed by atoms with van der Waals surface area (Å²) in [6.07, 6.45) is 3.81. The third-order valence-electron chi connectivity index (χ3n) is 3.89. The van der Waals surface area contributed by atoms with Crippen LogP contribution in [-0.4, -0.2) is 71.9 Å². The highest BCUT2D eigenvalue weighted by molar-refractivity contribution is 5.73. The Morgan fingerprint density at radius 3 is 2.58 bits per heavy atom. The zero-order valence-electron chi connectivity index (χ0n) is 14.7. The SMILES string of the molecule is C[C@@H]1CN([C@@H](C)CNC(=O)NCCNc2ncccn2)C[C@@H](C)O1. The van der Waals surface area contributed by atoms with Crippen LogP contribution >= 0.6 is 0 Å². The van der Waals surface area contributed by atoms with Gasteiger partial charge in [-0.1, -0.05) is 0 Å². The number of amides is 2. The second kappa shape index (κ2) is 9.39. The summed E-state index contributed by atoms with van der Waals surface area (Å²) < 4.78 is 5.74. The maximum atomic E-state index is 11.8. The van der Waals surface area contributed by atoms with Crippen LogP contribution in [-0.2, 0) is 4.74 Å². The van der Waals surface area contributed by atoms with E-state index in [-0.39, 0.29) is 24.3 Å². The molecule has 0 radical (unpaired) electrons. The van der Waals surface area contributed by atoms with Gasteiger partial charge in [0.05, 0.1) is 12.2 Å². The van der Waals surface area contributed by atoms with Crippen molar-refractivity contribution >= 4 is 12.0 Å². The number of urea groups is 1. The van der Waals surface area contributed by atoms with Crippen molar-refractivity contribution in [3.05, 3.63) is 18.5 Å². The number of aromatic nitrogens is 2. The fraction of sp³-hybridized carbons (Fsp3) is 0.688. The summed E-state index contributed by atoms with van der Waals surface area (Å²) in [7, 11) is 0. The minimum absolute atomic E-state index is 0.160. The third-order valence-corrected chi connectivity index (χ3v) is 3.89. The molecule has 0 unspecified atom stereocenters. The minimum Gasteiger partial charge on any atom is -0.373 e. The smallest absolute Gasteiger partial charge is 0.314 e. The highest BCUT2D eigenvalue weighted by Crippen LogP contribution is 2.13. The van der Waals surface area contributed by atoms with E-state index in [1.165, 1.54) is 0 Å². The van der Waals surface area contributed by atoms with Gasteiger partial charge in [0.15, 0.2) is 0 Å². The maximum absolute atomic E-state index is 11.8. The lowest BCUT2D eigenvalue weighted by atomic mass is 10.2. The quantitative estimate of drug-likeness (QED) is 0.635. The summed E-state index contributed by atoms with van der Waals surface area (Å²) in [5, 5.41) is 8.77. The molecule has 8 heteroatoms. The van der Waals surface area contributed by atoms with Crippen molar-refractivity contribution in [1.82, 2.24) is 25.5 Å². The van der Waals surface area contributed by atoms with Crippen molar-refractivity contribution in [3.63, 3.8) is 0 Å². The van der Waals surface area contributed by atoms with E-state index in [2.05, 4.69) is 51.6 Å². The summed E-state index contributed by atoms with van der Waals surface area (Å²) in [6, 6.07) is 1.88. The van der Waals surface area contributed by atoms with Gasteiger partial charge in [-0.2, -0.15) is 0 Å². The van der Waals surface area contributed by atoms with Crippen molar-refractivity contribution in [2.24, 2.45) is 0 Å². The van der Waals surface area contributed by atoms with E-state index in [1.54, 1.807) is 18.5 Å². The fourth-order valence-electron chi connectivity index (χ4n) is 2.75. The molecule has 1 fully saturated rings. The lowest BCUT2D eigenvalue weighted by Gasteiger charge is -2.38. The largest absolute Gasteiger partial charge is 0.373 e. The maximum Gasteiger partial charge on any atom is 0.314 e. The zero-order valence-corrected chi connectivity index (χ0v) is 14.7. The van der Waals surface area contributed by atoms with Gasteiger partial charge in [-0.05, 0) is 26.8 Å². The van der Waals surface area contributed by atoms with Crippen LogP contribution in [0.2, 0.25) is 0 Å². The monoisotopic (exact) mass is 336 g/mol. The van der Waals surface area contributed by atoms with Crippen LogP contribution in [0.15, 0.2) is 18.5 Å². The predicted molar refractivity (Wildman–Crippen MR) is 93.0 cm³/mol. The first-order valence-corrected chi connectivity index (χ1v) is 8.46. The van der Waals surface area contributed by atoms with E-state index in [9.17, 15) is 4.79 Å². The van der Waals surface area contributed by atoms with E-state index in [0.717, 1.165) is 13.1 Å². The molecule has 1 aromatic rings. The Balaban J connectivity index is 1.58. The molecule has 0 aromatic carbocycles. The van der Waals surface area contributed by atoms with E-state index in [4.69, 9.17) is 4.74 Å². The van der Waals surface area contributed by atoms with Crippen LogP contribution in [0.5, 0.6) is 0 Å². The lowest BCUT2D eigenvalue weighted by molar-refractivity contribution is -0.0778. The first-order chi connectivity index (χ1) is 11.5. The first-order valence-electron chi connectivity index (χ1n) is 8.46. The highest BCUT2D eigenvalue weighted by atomic mass is 16.5. The predicted octanol–water partition coefficient (Wildman–Crippen LogP) is 0.685. The second-order valence-electron chi connectivity index (χ2n) is 6.20. The zero-order chi connectivity index (χ0) is 17.4. The van der Waals surface area contributed by atoms with Gasteiger partial charge < -0.3 is 20.7 Å². The molecule has 2 amide bonds. The Labute approximate surface area is 143 Å². The number of nitrogens with zero attached hydrogens (tertiary/aromatic N) is 3. The van der Waals surface area contributed by atoms with Crippen LogP contribution in [0.4, 0.5) is 10.7 Å². The molecule has 2 heterocycles. The van der Waals surface area contributed by atoms with Crippen molar-refractivity contribution in [3.8, 4) is 0 Å². The standard InChI is InChI=1S/C16H28N6O2/c1-12(22-10-13(2)24-14(3)11-22)9-21-16(23)20-8-7-19-15-17-5-4-6-18-15/h4-6,12-14H,7-11H2,1-3H3,(H,17,18,19)(H2,20,21,23)/t12-,13+,14+/m0/s1. The van der Waals surface area contributed by atoms with Crippen molar-refractivity contribution in [2.75, 3.05) is 38.0 Å². The molecular weight excluding hydrogens is 308 g/mol. The van der Waals surface area contributed by atoms with Gasteiger partial charge in [-0.3, -0.25) is 4.90 Å². The number of carbonyl (C=O) groups excluding carboxylic acids is 1. The molecule has 1 aliphatic rings. The van der Waals surface area contributed by atoms with Gasteiger partial charge >= 0.3 is 6.03 Å². The molecule has 1 aliphatic heterocycles. The van der Waals surface area contributed by atoms with E-state index < -0.39 is 0 Å². The molecule has 8 nitrogen and oxygen atoms in total. The number of nitrogens with one attached hydrogen (secondary N) is 3. The van der Waals surface area contributed by atoms with Gasteiger partial charge in [0.1, 0.15) is 0 Å². The molecule has 134 valence electrons. The van der Waals surface area contributed by atoms with E-state index in [1.807, 2.05) is 0 Å². The molecule has 1 saturated heterocycles. The number of ether oxygens (including phenoxy) is 1.